The molecule has 2 rings (SSSR count). The van der Waals surface area contributed by atoms with E-state index >= 15 is 0 Å². The molecule has 0 aromatic carbocycles. The Balaban J connectivity index is 2.59. The number of aromatic nitrogens is 1. The van der Waals surface area contributed by atoms with Crippen molar-refractivity contribution in [3.05, 3.63) is 17.1 Å². The van der Waals surface area contributed by atoms with Gasteiger partial charge in [0.15, 0.2) is 0 Å². The minimum atomic E-state index is -0.337. The lowest BCUT2D eigenvalue weighted by Crippen LogP contribution is -2.27. The largest absolute Gasteiger partial charge is 0.429 e. The van der Waals surface area contributed by atoms with Crippen molar-refractivity contribution in [2.24, 2.45) is 12.0 Å². The third-order valence-corrected chi connectivity index (χ3v) is 3.14. The molecule has 1 aromatic rings. The fourth-order valence-electron chi connectivity index (χ4n) is 2.28. The van der Waals surface area contributed by atoms with Crippen LogP contribution in [0, 0.1) is 0 Å². The van der Waals surface area contributed by atoms with E-state index in [4.69, 9.17) is 12.3 Å². The van der Waals surface area contributed by atoms with Crippen molar-refractivity contribution in [3.63, 3.8) is 0 Å². The van der Waals surface area contributed by atoms with Gasteiger partial charge in [0.05, 0.1) is 13.5 Å². The van der Waals surface area contributed by atoms with E-state index in [0.717, 1.165) is 25.0 Å². The standard InChI is InChI=1S/C12H19BN2O/c1-8(2)14-11-15(4)9-6-5-7-12(3,13)10(9)16-11/h8H,5-7H2,1-4H3. The quantitative estimate of drug-likeness (QED) is 0.659. The van der Waals surface area contributed by atoms with Gasteiger partial charge >= 0.3 is 0 Å². The number of rotatable bonds is 1. The molecule has 1 aliphatic rings. The van der Waals surface area contributed by atoms with Crippen molar-refractivity contribution >= 4 is 7.85 Å². The highest BCUT2D eigenvalue weighted by Crippen LogP contribution is 2.33. The highest BCUT2D eigenvalue weighted by atomic mass is 16.4. The second kappa shape index (κ2) is 3.83. The molecule has 1 unspecified atom stereocenters. The number of fused-ring (bicyclic) bond motifs is 1. The lowest BCUT2D eigenvalue weighted by atomic mass is 9.62. The summed E-state index contributed by atoms with van der Waals surface area (Å²) in [4.78, 5) is 4.47. The Labute approximate surface area is 98.0 Å². The van der Waals surface area contributed by atoms with E-state index in [0.29, 0.717) is 5.68 Å². The Morgan fingerprint density at radius 1 is 1.50 bits per heavy atom. The van der Waals surface area contributed by atoms with Crippen LogP contribution < -0.4 is 5.68 Å². The van der Waals surface area contributed by atoms with Crippen molar-refractivity contribution in [2.75, 3.05) is 0 Å². The summed E-state index contributed by atoms with van der Waals surface area (Å²) in [7, 11) is 8.26. The lowest BCUT2D eigenvalue weighted by molar-refractivity contribution is 0.371. The molecule has 16 heavy (non-hydrogen) atoms. The minimum absolute atomic E-state index is 0.239. The van der Waals surface area contributed by atoms with E-state index in [2.05, 4.69) is 4.99 Å². The van der Waals surface area contributed by atoms with Crippen LogP contribution in [0.25, 0.3) is 0 Å². The normalized spacial score (nSPS) is 26.2. The molecular formula is C12H19BN2O. The highest BCUT2D eigenvalue weighted by Gasteiger charge is 2.32. The summed E-state index contributed by atoms with van der Waals surface area (Å²) in [5.74, 6) is 0.917. The minimum Gasteiger partial charge on any atom is -0.429 e. The molecule has 0 saturated heterocycles. The van der Waals surface area contributed by atoms with Gasteiger partial charge < -0.3 is 4.42 Å². The summed E-state index contributed by atoms with van der Waals surface area (Å²) in [6.07, 6.45) is 3.14. The smallest absolute Gasteiger partial charge is 0.297 e. The van der Waals surface area contributed by atoms with Crippen LogP contribution >= 0.6 is 0 Å². The summed E-state index contributed by atoms with van der Waals surface area (Å²) >= 11 is 0. The van der Waals surface area contributed by atoms with Crippen LogP contribution in [0.15, 0.2) is 9.41 Å². The van der Waals surface area contributed by atoms with Crippen LogP contribution in [0.2, 0.25) is 0 Å². The molecule has 0 spiro atoms. The van der Waals surface area contributed by atoms with Crippen molar-refractivity contribution in [3.8, 4) is 0 Å². The molecule has 0 bridgehead atoms. The summed E-state index contributed by atoms with van der Waals surface area (Å²) < 4.78 is 7.88. The second-order valence-electron chi connectivity index (χ2n) is 5.21. The summed E-state index contributed by atoms with van der Waals surface area (Å²) in [5.41, 5.74) is 1.90. The predicted octanol–water partition coefficient (Wildman–Crippen LogP) is 1.65. The molecule has 1 atom stereocenters. The average Bonchev–Trinajstić information content (AvgIpc) is 2.45. The van der Waals surface area contributed by atoms with Crippen LogP contribution in [0.4, 0.5) is 0 Å². The first-order chi connectivity index (χ1) is 7.42. The summed E-state index contributed by atoms with van der Waals surface area (Å²) in [6, 6.07) is 0.239. The maximum absolute atomic E-state index is 6.25. The Bertz CT molecular complexity index is 454. The van der Waals surface area contributed by atoms with Gasteiger partial charge in [0.25, 0.3) is 5.68 Å². The van der Waals surface area contributed by atoms with Crippen molar-refractivity contribution in [1.82, 2.24) is 4.57 Å². The van der Waals surface area contributed by atoms with Gasteiger partial charge in [0.1, 0.15) is 5.76 Å². The summed E-state index contributed by atoms with van der Waals surface area (Å²) in [6.45, 7) is 6.12. The number of hydrogen-bond acceptors (Lipinski definition) is 2. The molecular weight excluding hydrogens is 199 g/mol. The summed E-state index contributed by atoms with van der Waals surface area (Å²) in [5, 5.41) is -0.337. The van der Waals surface area contributed by atoms with Crippen LogP contribution in [0.5, 0.6) is 0 Å². The van der Waals surface area contributed by atoms with Crippen molar-refractivity contribution in [1.29, 1.82) is 0 Å². The zero-order valence-corrected chi connectivity index (χ0v) is 10.6. The van der Waals surface area contributed by atoms with Gasteiger partial charge in [0.2, 0.25) is 0 Å². The van der Waals surface area contributed by atoms with Gasteiger partial charge in [-0.05, 0) is 38.4 Å². The predicted molar refractivity (Wildman–Crippen MR) is 64.4 cm³/mol. The molecule has 3 nitrogen and oxygen atoms in total. The van der Waals surface area contributed by atoms with Gasteiger partial charge in [-0.15, -0.1) is 0 Å². The topological polar surface area (TPSA) is 30.4 Å². The van der Waals surface area contributed by atoms with E-state index in [1.165, 1.54) is 5.69 Å². The van der Waals surface area contributed by atoms with Crippen LogP contribution in [-0.4, -0.2) is 18.5 Å². The molecule has 0 N–H and O–H groups in total. The van der Waals surface area contributed by atoms with Gasteiger partial charge in [0, 0.05) is 13.1 Å². The maximum Gasteiger partial charge on any atom is 0.297 e. The molecule has 0 aliphatic heterocycles. The molecule has 4 heteroatoms. The number of nitrogens with zero attached hydrogens (tertiary/aromatic N) is 2. The Morgan fingerprint density at radius 2 is 2.19 bits per heavy atom. The monoisotopic (exact) mass is 218 g/mol. The first-order valence-electron chi connectivity index (χ1n) is 5.93. The first kappa shape index (κ1) is 11.6. The van der Waals surface area contributed by atoms with E-state index < -0.39 is 0 Å². The Hall–Kier alpha value is -0.925. The molecule has 1 heterocycles. The van der Waals surface area contributed by atoms with E-state index in [1.54, 1.807) is 0 Å². The molecule has 1 aliphatic carbocycles. The van der Waals surface area contributed by atoms with E-state index in [9.17, 15) is 0 Å². The molecule has 1 aromatic heterocycles. The highest BCUT2D eigenvalue weighted by molar-refractivity contribution is 6.15. The van der Waals surface area contributed by atoms with Crippen LogP contribution in [0.3, 0.4) is 0 Å². The third-order valence-electron chi connectivity index (χ3n) is 3.14. The van der Waals surface area contributed by atoms with Crippen LogP contribution in [-0.2, 0) is 18.8 Å². The van der Waals surface area contributed by atoms with Crippen molar-refractivity contribution in [2.45, 2.75) is 51.4 Å². The molecule has 0 saturated carbocycles. The van der Waals surface area contributed by atoms with Crippen molar-refractivity contribution < 1.29 is 4.42 Å². The molecule has 0 fully saturated rings. The van der Waals surface area contributed by atoms with Gasteiger partial charge in [-0.2, -0.15) is 0 Å². The van der Waals surface area contributed by atoms with E-state index in [1.807, 2.05) is 32.4 Å². The zero-order valence-electron chi connectivity index (χ0n) is 10.6. The maximum atomic E-state index is 6.25. The fourth-order valence-corrected chi connectivity index (χ4v) is 2.28. The SMILES string of the molecule is [B]C1(C)CCCc2c1oc(=NC(C)C)n2C. The first-order valence-corrected chi connectivity index (χ1v) is 5.93. The number of oxazole rings is 1. The molecule has 86 valence electrons. The molecule has 0 amide bonds. The van der Waals surface area contributed by atoms with Gasteiger partial charge in [-0.3, -0.25) is 4.57 Å². The third kappa shape index (κ3) is 1.85. The van der Waals surface area contributed by atoms with Crippen LogP contribution in [0.1, 0.15) is 45.1 Å². The second-order valence-corrected chi connectivity index (χ2v) is 5.21. The lowest BCUT2D eigenvalue weighted by Gasteiger charge is -2.28. The van der Waals surface area contributed by atoms with Gasteiger partial charge in [-0.1, -0.05) is 6.92 Å². The Morgan fingerprint density at radius 3 is 2.75 bits per heavy atom. The number of hydrogen-bond donors (Lipinski definition) is 0. The fraction of sp³-hybridized carbons (Fsp3) is 0.750. The average molecular weight is 218 g/mol. The zero-order chi connectivity index (χ0) is 11.9. The van der Waals surface area contributed by atoms with Gasteiger partial charge in [-0.25, -0.2) is 4.99 Å². The van der Waals surface area contributed by atoms with E-state index in [-0.39, 0.29) is 11.4 Å². The molecule has 2 radical (unpaired) electrons. The Kier molecular flexibility index (Phi) is 2.76.